The summed E-state index contributed by atoms with van der Waals surface area (Å²) in [6.07, 6.45) is 23.5. The Labute approximate surface area is 141 Å². The van der Waals surface area contributed by atoms with Crippen molar-refractivity contribution in [3.63, 3.8) is 0 Å². The highest BCUT2D eigenvalue weighted by molar-refractivity contribution is 5.66. The van der Waals surface area contributed by atoms with Crippen LogP contribution >= 0.6 is 0 Å². The molecule has 0 saturated heterocycles. The molecule has 130 valence electrons. The zero-order valence-corrected chi connectivity index (χ0v) is 14.4. The van der Waals surface area contributed by atoms with Crippen molar-refractivity contribution in [3.8, 4) is 0 Å². The van der Waals surface area contributed by atoms with Gasteiger partial charge in [-0.15, -0.1) is 0 Å². The molecule has 0 heterocycles. The molecule has 0 aromatic rings. The van der Waals surface area contributed by atoms with Gasteiger partial charge in [-0.05, 0) is 38.5 Å². The van der Waals surface area contributed by atoms with E-state index in [1.54, 1.807) is 0 Å². The molecule has 0 aliphatic heterocycles. The fraction of sp³-hybridized carbons (Fsp3) is 0.550. The SMILES string of the molecule is CCCCC/C=C\C=C/C(O)C/C=C\C/C=C/CCCC(=O)O. The number of carboxylic acid groups (broad SMARTS) is 1. The van der Waals surface area contributed by atoms with Crippen molar-refractivity contribution >= 4 is 5.97 Å². The molecule has 1 atom stereocenters. The van der Waals surface area contributed by atoms with Crippen molar-refractivity contribution in [2.75, 3.05) is 0 Å². The topological polar surface area (TPSA) is 57.5 Å². The highest BCUT2D eigenvalue weighted by Crippen LogP contribution is 2.02. The summed E-state index contributed by atoms with van der Waals surface area (Å²) in [6, 6.07) is 0. The third-order valence-electron chi connectivity index (χ3n) is 3.30. The number of aliphatic carboxylic acids is 1. The quantitative estimate of drug-likeness (QED) is 0.263. The van der Waals surface area contributed by atoms with Crippen molar-refractivity contribution in [1.29, 1.82) is 0 Å². The van der Waals surface area contributed by atoms with Gasteiger partial charge in [0.25, 0.3) is 0 Å². The average molecular weight is 320 g/mol. The van der Waals surface area contributed by atoms with Gasteiger partial charge in [0.15, 0.2) is 0 Å². The molecule has 2 N–H and O–H groups in total. The average Bonchev–Trinajstić information content (AvgIpc) is 2.52. The predicted molar refractivity (Wildman–Crippen MR) is 97.4 cm³/mol. The number of aliphatic hydroxyl groups is 1. The third kappa shape index (κ3) is 18.3. The van der Waals surface area contributed by atoms with Gasteiger partial charge in [0.05, 0.1) is 6.10 Å². The van der Waals surface area contributed by atoms with Gasteiger partial charge in [-0.3, -0.25) is 4.79 Å². The Morgan fingerprint density at radius 2 is 1.70 bits per heavy atom. The fourth-order valence-electron chi connectivity index (χ4n) is 1.95. The number of hydrogen-bond donors (Lipinski definition) is 2. The number of aliphatic hydroxyl groups excluding tert-OH is 1. The van der Waals surface area contributed by atoms with Crippen LogP contribution in [0.1, 0.15) is 64.7 Å². The lowest BCUT2D eigenvalue weighted by Crippen LogP contribution is -1.98. The van der Waals surface area contributed by atoms with Gasteiger partial charge in [-0.25, -0.2) is 0 Å². The van der Waals surface area contributed by atoms with Gasteiger partial charge in [-0.2, -0.15) is 0 Å². The fourth-order valence-corrected chi connectivity index (χ4v) is 1.95. The number of hydrogen-bond acceptors (Lipinski definition) is 2. The van der Waals surface area contributed by atoms with Crippen LogP contribution in [0.4, 0.5) is 0 Å². The molecule has 0 saturated carbocycles. The molecule has 0 aromatic heterocycles. The highest BCUT2D eigenvalue weighted by atomic mass is 16.4. The number of rotatable bonds is 14. The molecule has 0 aliphatic rings. The second-order valence-electron chi connectivity index (χ2n) is 5.58. The minimum absolute atomic E-state index is 0.228. The Morgan fingerprint density at radius 3 is 2.43 bits per heavy atom. The van der Waals surface area contributed by atoms with Crippen molar-refractivity contribution < 1.29 is 15.0 Å². The molecule has 0 spiro atoms. The molecule has 0 fully saturated rings. The van der Waals surface area contributed by atoms with Crippen LogP contribution in [-0.2, 0) is 4.79 Å². The van der Waals surface area contributed by atoms with Crippen LogP contribution in [0.2, 0.25) is 0 Å². The molecule has 0 radical (unpaired) electrons. The first-order chi connectivity index (χ1) is 11.2. The predicted octanol–water partition coefficient (Wildman–Crippen LogP) is 5.19. The van der Waals surface area contributed by atoms with Crippen LogP contribution < -0.4 is 0 Å². The van der Waals surface area contributed by atoms with E-state index in [2.05, 4.69) is 13.0 Å². The van der Waals surface area contributed by atoms with E-state index in [0.29, 0.717) is 12.8 Å². The van der Waals surface area contributed by atoms with Gasteiger partial charge >= 0.3 is 5.97 Å². The maximum Gasteiger partial charge on any atom is 0.303 e. The van der Waals surface area contributed by atoms with E-state index in [0.717, 1.165) is 19.3 Å². The maximum atomic E-state index is 10.3. The molecule has 0 bridgehead atoms. The molecule has 0 aliphatic carbocycles. The molecular formula is C20H32O3. The summed E-state index contributed by atoms with van der Waals surface area (Å²) in [7, 11) is 0. The van der Waals surface area contributed by atoms with Crippen LogP contribution in [-0.4, -0.2) is 22.3 Å². The van der Waals surface area contributed by atoms with E-state index in [1.165, 1.54) is 19.3 Å². The lowest BCUT2D eigenvalue weighted by Gasteiger charge is -1.98. The number of carbonyl (C=O) groups is 1. The summed E-state index contributed by atoms with van der Waals surface area (Å²) in [4.78, 5) is 10.3. The molecule has 0 aromatic carbocycles. The second-order valence-corrected chi connectivity index (χ2v) is 5.58. The molecule has 3 heteroatoms. The molecule has 0 amide bonds. The molecular weight excluding hydrogens is 288 g/mol. The largest absolute Gasteiger partial charge is 0.481 e. The first-order valence-corrected chi connectivity index (χ1v) is 8.70. The lowest BCUT2D eigenvalue weighted by atomic mass is 10.2. The van der Waals surface area contributed by atoms with Gasteiger partial charge in [-0.1, -0.05) is 68.4 Å². The Morgan fingerprint density at radius 1 is 0.957 bits per heavy atom. The van der Waals surface area contributed by atoms with Crippen molar-refractivity contribution in [2.45, 2.75) is 70.8 Å². The van der Waals surface area contributed by atoms with Crippen molar-refractivity contribution in [3.05, 3.63) is 48.6 Å². The molecule has 0 rings (SSSR count). The van der Waals surface area contributed by atoms with E-state index in [1.807, 2.05) is 42.5 Å². The molecule has 3 nitrogen and oxygen atoms in total. The summed E-state index contributed by atoms with van der Waals surface area (Å²) < 4.78 is 0. The number of carboxylic acids is 1. The zero-order chi connectivity index (χ0) is 17.2. The standard InChI is InChI=1S/C20H32O3/c1-2-3-4-5-7-10-13-16-19(21)17-14-11-8-6-9-12-15-18-20(22)23/h6-7,9-11,13-14,16,19,21H,2-5,8,12,15,17-18H2,1H3,(H,22,23)/b9-6+,10-7-,14-11-,16-13-. The van der Waals surface area contributed by atoms with Crippen molar-refractivity contribution in [1.82, 2.24) is 0 Å². The van der Waals surface area contributed by atoms with Crippen LogP contribution in [0.25, 0.3) is 0 Å². The van der Waals surface area contributed by atoms with E-state index in [-0.39, 0.29) is 6.42 Å². The second kappa shape index (κ2) is 16.8. The first kappa shape index (κ1) is 21.4. The van der Waals surface area contributed by atoms with Gasteiger partial charge in [0, 0.05) is 6.42 Å². The zero-order valence-electron chi connectivity index (χ0n) is 14.4. The van der Waals surface area contributed by atoms with E-state index >= 15 is 0 Å². The smallest absolute Gasteiger partial charge is 0.303 e. The molecule has 1 unspecified atom stereocenters. The highest BCUT2D eigenvalue weighted by Gasteiger charge is 1.93. The monoisotopic (exact) mass is 320 g/mol. The van der Waals surface area contributed by atoms with Crippen LogP contribution in [0.5, 0.6) is 0 Å². The number of allylic oxidation sites excluding steroid dienone is 6. The lowest BCUT2D eigenvalue weighted by molar-refractivity contribution is -0.137. The van der Waals surface area contributed by atoms with E-state index in [4.69, 9.17) is 5.11 Å². The summed E-state index contributed by atoms with van der Waals surface area (Å²) in [5.74, 6) is -0.740. The van der Waals surface area contributed by atoms with Crippen LogP contribution in [0, 0.1) is 0 Å². The number of unbranched alkanes of at least 4 members (excludes halogenated alkanes) is 4. The van der Waals surface area contributed by atoms with Gasteiger partial charge < -0.3 is 10.2 Å². The maximum absolute atomic E-state index is 10.3. The Bertz CT molecular complexity index is 392. The summed E-state index contributed by atoms with van der Waals surface area (Å²) >= 11 is 0. The first-order valence-electron chi connectivity index (χ1n) is 8.70. The van der Waals surface area contributed by atoms with Gasteiger partial charge in [0.2, 0.25) is 0 Å². The summed E-state index contributed by atoms with van der Waals surface area (Å²) in [5, 5.41) is 18.3. The summed E-state index contributed by atoms with van der Waals surface area (Å²) in [5.41, 5.74) is 0. The van der Waals surface area contributed by atoms with Crippen LogP contribution in [0.15, 0.2) is 48.6 Å². The normalized spacial score (nSPS) is 13.8. The Hall–Kier alpha value is -1.61. The third-order valence-corrected chi connectivity index (χ3v) is 3.30. The Balaban J connectivity index is 3.61. The van der Waals surface area contributed by atoms with E-state index < -0.39 is 12.1 Å². The van der Waals surface area contributed by atoms with Crippen molar-refractivity contribution in [2.24, 2.45) is 0 Å². The summed E-state index contributed by atoms with van der Waals surface area (Å²) in [6.45, 7) is 2.20. The minimum Gasteiger partial charge on any atom is -0.481 e. The van der Waals surface area contributed by atoms with Crippen LogP contribution in [0.3, 0.4) is 0 Å². The molecule has 23 heavy (non-hydrogen) atoms. The van der Waals surface area contributed by atoms with Gasteiger partial charge in [0.1, 0.15) is 0 Å². The van der Waals surface area contributed by atoms with E-state index in [9.17, 15) is 9.90 Å². The minimum atomic E-state index is -0.740. The Kier molecular flexibility index (Phi) is 15.6.